The summed E-state index contributed by atoms with van der Waals surface area (Å²) in [7, 11) is 0. The molecule has 2 aromatic carbocycles. The van der Waals surface area contributed by atoms with Gasteiger partial charge in [0, 0.05) is 10.9 Å². The van der Waals surface area contributed by atoms with E-state index < -0.39 is 5.97 Å². The highest BCUT2D eigenvalue weighted by molar-refractivity contribution is 5.95. The smallest absolute Gasteiger partial charge is 0.355 e. The Morgan fingerprint density at radius 3 is 2.54 bits per heavy atom. The van der Waals surface area contributed by atoms with Crippen molar-refractivity contribution in [1.29, 1.82) is 0 Å². The van der Waals surface area contributed by atoms with Gasteiger partial charge in [0.05, 0.1) is 6.04 Å². The first kappa shape index (κ1) is 17.7. The van der Waals surface area contributed by atoms with Crippen LogP contribution in [0.25, 0.3) is 10.9 Å². The zero-order valence-electron chi connectivity index (χ0n) is 14.9. The molecule has 0 bridgehead atoms. The van der Waals surface area contributed by atoms with E-state index in [1.807, 2.05) is 55.5 Å². The van der Waals surface area contributed by atoms with Gasteiger partial charge >= 0.3 is 5.97 Å². The number of nitrogens with one attached hydrogen (secondary N) is 2. The zero-order valence-corrected chi connectivity index (χ0v) is 14.9. The average Bonchev–Trinajstić information content (AvgIpc) is 3.10. The van der Waals surface area contributed by atoms with Crippen molar-refractivity contribution in [3.63, 3.8) is 0 Å². The lowest BCUT2D eigenvalue weighted by Crippen LogP contribution is -2.31. The van der Waals surface area contributed by atoms with Gasteiger partial charge < -0.3 is 15.0 Å². The molecule has 5 nitrogen and oxygen atoms in total. The molecule has 0 aliphatic heterocycles. The first-order chi connectivity index (χ1) is 12.6. The van der Waals surface area contributed by atoms with Gasteiger partial charge in [-0.25, -0.2) is 4.79 Å². The maximum absolute atomic E-state index is 12.1. The molecule has 0 spiro atoms. The number of aryl methyl sites for hydroxylation is 1. The van der Waals surface area contributed by atoms with Crippen molar-refractivity contribution in [3.8, 4) is 0 Å². The standard InChI is InChI=1S/C21H22N2O3/c1-3-15-8-10-16(11-9-15)14(2)22-20(24)13-26-21(25)19-12-17-6-4-5-7-18(17)23-19/h4-12,14,23H,3,13H2,1-2H3,(H,22,24)/t14-/m1/s1. The summed E-state index contributed by atoms with van der Waals surface area (Å²) in [4.78, 5) is 27.2. The van der Waals surface area contributed by atoms with Gasteiger partial charge in [-0.15, -0.1) is 0 Å². The number of benzene rings is 2. The maximum Gasteiger partial charge on any atom is 0.355 e. The summed E-state index contributed by atoms with van der Waals surface area (Å²) in [6, 6.07) is 17.2. The molecule has 0 saturated carbocycles. The van der Waals surface area contributed by atoms with Crippen LogP contribution in [0.4, 0.5) is 0 Å². The molecule has 3 aromatic rings. The van der Waals surface area contributed by atoms with Crippen LogP contribution in [0.15, 0.2) is 54.6 Å². The second-order valence-corrected chi connectivity index (χ2v) is 6.23. The number of fused-ring (bicyclic) bond motifs is 1. The third kappa shape index (κ3) is 4.11. The van der Waals surface area contributed by atoms with Crippen LogP contribution >= 0.6 is 0 Å². The number of carbonyl (C=O) groups excluding carboxylic acids is 2. The van der Waals surface area contributed by atoms with E-state index >= 15 is 0 Å². The van der Waals surface area contributed by atoms with Gasteiger partial charge in [-0.1, -0.05) is 49.4 Å². The molecule has 0 aliphatic carbocycles. The van der Waals surface area contributed by atoms with Crippen molar-refractivity contribution in [2.75, 3.05) is 6.61 Å². The summed E-state index contributed by atoms with van der Waals surface area (Å²) in [5.74, 6) is -0.877. The second-order valence-electron chi connectivity index (χ2n) is 6.23. The SMILES string of the molecule is CCc1ccc([C@@H](C)NC(=O)COC(=O)c2cc3ccccc3[nH]2)cc1. The van der Waals surface area contributed by atoms with Crippen LogP contribution in [-0.4, -0.2) is 23.5 Å². The molecule has 0 fully saturated rings. The summed E-state index contributed by atoms with van der Waals surface area (Å²) < 4.78 is 5.11. The predicted molar refractivity (Wildman–Crippen MR) is 101 cm³/mol. The van der Waals surface area contributed by atoms with E-state index in [1.165, 1.54) is 5.56 Å². The van der Waals surface area contributed by atoms with E-state index in [-0.39, 0.29) is 18.6 Å². The van der Waals surface area contributed by atoms with E-state index in [0.29, 0.717) is 5.69 Å². The van der Waals surface area contributed by atoms with Crippen LogP contribution in [-0.2, 0) is 16.0 Å². The molecule has 26 heavy (non-hydrogen) atoms. The van der Waals surface area contributed by atoms with E-state index in [0.717, 1.165) is 22.9 Å². The highest BCUT2D eigenvalue weighted by atomic mass is 16.5. The van der Waals surface area contributed by atoms with Crippen molar-refractivity contribution in [2.45, 2.75) is 26.3 Å². The topological polar surface area (TPSA) is 71.2 Å². The van der Waals surface area contributed by atoms with E-state index in [2.05, 4.69) is 17.2 Å². The molecule has 0 unspecified atom stereocenters. The molecule has 1 aromatic heterocycles. The lowest BCUT2D eigenvalue weighted by molar-refractivity contribution is -0.124. The number of ether oxygens (including phenoxy) is 1. The minimum absolute atomic E-state index is 0.153. The molecular weight excluding hydrogens is 328 g/mol. The van der Waals surface area contributed by atoms with Crippen molar-refractivity contribution in [1.82, 2.24) is 10.3 Å². The number of rotatable bonds is 6. The van der Waals surface area contributed by atoms with E-state index in [1.54, 1.807) is 6.07 Å². The van der Waals surface area contributed by atoms with Crippen LogP contribution in [0, 0.1) is 0 Å². The van der Waals surface area contributed by atoms with Gasteiger partial charge in [0.25, 0.3) is 5.91 Å². The normalized spacial score (nSPS) is 11.9. The fourth-order valence-corrected chi connectivity index (χ4v) is 2.80. The number of esters is 1. The molecule has 5 heteroatoms. The Bertz CT molecular complexity index is 879. The Labute approximate surface area is 152 Å². The largest absolute Gasteiger partial charge is 0.451 e. The summed E-state index contributed by atoms with van der Waals surface area (Å²) in [6.07, 6.45) is 0.977. The summed E-state index contributed by atoms with van der Waals surface area (Å²) in [6.45, 7) is 3.69. The number of aromatic nitrogens is 1. The van der Waals surface area contributed by atoms with Gasteiger partial charge in [0.2, 0.25) is 0 Å². The predicted octanol–water partition coefficient (Wildman–Crippen LogP) is 3.76. The first-order valence-corrected chi connectivity index (χ1v) is 8.70. The molecule has 2 N–H and O–H groups in total. The second kappa shape index (κ2) is 7.87. The zero-order chi connectivity index (χ0) is 18.5. The van der Waals surface area contributed by atoms with Gasteiger partial charge in [-0.3, -0.25) is 4.79 Å². The summed E-state index contributed by atoms with van der Waals surface area (Å²) in [5.41, 5.74) is 3.45. The fraction of sp³-hybridized carbons (Fsp3) is 0.238. The third-order valence-corrected chi connectivity index (χ3v) is 4.35. The Hall–Kier alpha value is -3.08. The molecule has 3 rings (SSSR count). The third-order valence-electron chi connectivity index (χ3n) is 4.35. The molecule has 1 amide bonds. The van der Waals surface area contributed by atoms with Crippen LogP contribution in [0.2, 0.25) is 0 Å². The minimum Gasteiger partial charge on any atom is -0.451 e. The molecule has 0 aliphatic rings. The van der Waals surface area contributed by atoms with Crippen LogP contribution in [0.1, 0.15) is 41.5 Å². The summed E-state index contributed by atoms with van der Waals surface area (Å²) >= 11 is 0. The van der Waals surface area contributed by atoms with Crippen molar-refractivity contribution in [3.05, 3.63) is 71.4 Å². The molecular formula is C21H22N2O3. The lowest BCUT2D eigenvalue weighted by Gasteiger charge is -2.14. The van der Waals surface area contributed by atoms with Crippen molar-refractivity contribution >= 4 is 22.8 Å². The Morgan fingerprint density at radius 2 is 1.85 bits per heavy atom. The Morgan fingerprint density at radius 1 is 1.12 bits per heavy atom. The average molecular weight is 350 g/mol. The van der Waals surface area contributed by atoms with E-state index in [4.69, 9.17) is 4.74 Å². The van der Waals surface area contributed by atoms with E-state index in [9.17, 15) is 9.59 Å². The van der Waals surface area contributed by atoms with Crippen LogP contribution in [0.3, 0.4) is 0 Å². The van der Waals surface area contributed by atoms with Gasteiger partial charge in [-0.05, 0) is 36.6 Å². The monoisotopic (exact) mass is 350 g/mol. The molecule has 0 saturated heterocycles. The Balaban J connectivity index is 1.53. The van der Waals surface area contributed by atoms with Crippen LogP contribution < -0.4 is 5.32 Å². The number of H-pyrrole nitrogens is 1. The first-order valence-electron chi connectivity index (χ1n) is 8.70. The van der Waals surface area contributed by atoms with Gasteiger partial charge in [0.15, 0.2) is 6.61 Å². The molecule has 134 valence electrons. The highest BCUT2D eigenvalue weighted by Gasteiger charge is 2.14. The minimum atomic E-state index is -0.545. The van der Waals surface area contributed by atoms with Crippen molar-refractivity contribution in [2.24, 2.45) is 0 Å². The van der Waals surface area contributed by atoms with Gasteiger partial charge in [0.1, 0.15) is 5.69 Å². The number of hydrogen-bond acceptors (Lipinski definition) is 3. The quantitative estimate of drug-likeness (QED) is 0.665. The number of aromatic amines is 1. The van der Waals surface area contributed by atoms with Crippen molar-refractivity contribution < 1.29 is 14.3 Å². The molecule has 1 heterocycles. The number of amides is 1. The van der Waals surface area contributed by atoms with Crippen LogP contribution in [0.5, 0.6) is 0 Å². The summed E-state index contributed by atoms with van der Waals surface area (Å²) in [5, 5.41) is 3.76. The Kier molecular flexibility index (Phi) is 5.37. The molecule has 0 radical (unpaired) electrons. The maximum atomic E-state index is 12.1. The van der Waals surface area contributed by atoms with Gasteiger partial charge in [-0.2, -0.15) is 0 Å². The fourth-order valence-electron chi connectivity index (χ4n) is 2.80. The number of hydrogen-bond donors (Lipinski definition) is 2. The number of carbonyl (C=O) groups is 2. The highest BCUT2D eigenvalue weighted by Crippen LogP contribution is 2.16. The number of para-hydroxylation sites is 1. The molecule has 1 atom stereocenters. The lowest BCUT2D eigenvalue weighted by atomic mass is 10.1.